The van der Waals surface area contributed by atoms with Crippen molar-refractivity contribution in [3.63, 3.8) is 0 Å². The zero-order chi connectivity index (χ0) is 18.8. The van der Waals surface area contributed by atoms with Crippen LogP contribution in [-0.4, -0.2) is 36.8 Å². The van der Waals surface area contributed by atoms with Gasteiger partial charge in [-0.05, 0) is 38.5 Å². The van der Waals surface area contributed by atoms with E-state index < -0.39 is 5.97 Å². The third kappa shape index (κ3) is 3.00. The van der Waals surface area contributed by atoms with Crippen LogP contribution < -0.4 is 14.2 Å². The third-order valence-corrected chi connectivity index (χ3v) is 4.45. The van der Waals surface area contributed by atoms with Crippen LogP contribution in [0, 0.1) is 13.8 Å². The van der Waals surface area contributed by atoms with Crippen LogP contribution in [0.5, 0.6) is 17.2 Å². The molecule has 7 heteroatoms. The summed E-state index contributed by atoms with van der Waals surface area (Å²) in [4.78, 5) is 24.8. The van der Waals surface area contributed by atoms with Crippen molar-refractivity contribution in [2.45, 2.75) is 27.3 Å². The minimum Gasteiger partial charge on any atom is -0.485 e. The van der Waals surface area contributed by atoms with Gasteiger partial charge in [-0.2, -0.15) is 0 Å². The molecule has 26 heavy (non-hydrogen) atoms. The van der Waals surface area contributed by atoms with Crippen LogP contribution in [0.25, 0.3) is 0 Å². The number of ketones is 1. The smallest absolute Gasteiger partial charge is 0.354 e. The van der Waals surface area contributed by atoms with Gasteiger partial charge < -0.3 is 23.5 Å². The van der Waals surface area contributed by atoms with Gasteiger partial charge in [0.2, 0.25) is 12.6 Å². The number of esters is 1. The second-order valence-corrected chi connectivity index (χ2v) is 5.90. The first-order valence-corrected chi connectivity index (χ1v) is 8.31. The Kier molecular flexibility index (Phi) is 4.88. The van der Waals surface area contributed by atoms with Gasteiger partial charge in [0.25, 0.3) is 0 Å². The van der Waals surface area contributed by atoms with Gasteiger partial charge >= 0.3 is 5.97 Å². The summed E-state index contributed by atoms with van der Waals surface area (Å²) in [5.74, 6) is 1.10. The normalized spacial score (nSPS) is 12.2. The lowest BCUT2D eigenvalue weighted by Crippen LogP contribution is -2.13. The topological polar surface area (TPSA) is 76.0 Å². The molecule has 0 bridgehead atoms. The summed E-state index contributed by atoms with van der Waals surface area (Å²) in [5, 5.41) is 0. The molecule has 0 atom stereocenters. The van der Waals surface area contributed by atoms with Crippen molar-refractivity contribution in [1.29, 1.82) is 0 Å². The maximum absolute atomic E-state index is 12.7. The molecule has 0 spiro atoms. The number of benzene rings is 1. The van der Waals surface area contributed by atoms with Gasteiger partial charge in [-0.25, -0.2) is 4.79 Å². The lowest BCUT2D eigenvalue weighted by atomic mass is 10.1. The average Bonchev–Trinajstić information content (AvgIpc) is 3.20. The summed E-state index contributed by atoms with van der Waals surface area (Å²) >= 11 is 0. The number of aromatic nitrogens is 1. The first kappa shape index (κ1) is 17.8. The molecule has 0 saturated carbocycles. The first-order valence-electron chi connectivity index (χ1n) is 8.31. The molecule has 0 N–H and O–H groups in total. The Labute approximate surface area is 151 Å². The number of carbonyl (C=O) groups excluding carboxylic acids is 2. The maximum Gasteiger partial charge on any atom is 0.354 e. The van der Waals surface area contributed by atoms with Gasteiger partial charge in [0.05, 0.1) is 7.11 Å². The Bertz CT molecular complexity index is 867. The predicted octanol–water partition coefficient (Wildman–Crippen LogP) is 2.90. The minimum atomic E-state index is -0.455. The number of fused-ring (bicyclic) bond motifs is 1. The Balaban J connectivity index is 1.82. The Morgan fingerprint density at radius 3 is 2.62 bits per heavy atom. The van der Waals surface area contributed by atoms with Gasteiger partial charge in [-0.3, -0.25) is 4.79 Å². The Morgan fingerprint density at radius 2 is 1.92 bits per heavy atom. The van der Waals surface area contributed by atoms with Crippen molar-refractivity contribution in [2.75, 3.05) is 20.5 Å². The maximum atomic E-state index is 12.7. The Hall–Kier alpha value is -2.96. The summed E-state index contributed by atoms with van der Waals surface area (Å²) in [5.41, 5.74) is 2.23. The number of ether oxygens (including phenoxy) is 4. The van der Waals surface area contributed by atoms with Crippen LogP contribution in [0.15, 0.2) is 18.2 Å². The highest BCUT2D eigenvalue weighted by atomic mass is 16.7. The number of Topliss-reactive ketones (excluding diaryl/α,β-unsaturated/α-hetero) is 1. The number of nitrogens with zero attached hydrogens (tertiary/aromatic N) is 1. The van der Waals surface area contributed by atoms with E-state index in [1.165, 1.54) is 7.11 Å². The average molecular weight is 359 g/mol. The first-order chi connectivity index (χ1) is 12.5. The molecule has 1 aromatic carbocycles. The van der Waals surface area contributed by atoms with E-state index in [0.717, 1.165) is 5.69 Å². The molecule has 3 rings (SSSR count). The van der Waals surface area contributed by atoms with Crippen molar-refractivity contribution < 1.29 is 28.5 Å². The van der Waals surface area contributed by atoms with Crippen molar-refractivity contribution in [2.24, 2.45) is 0 Å². The van der Waals surface area contributed by atoms with Gasteiger partial charge in [0.15, 0.2) is 18.1 Å². The lowest BCUT2D eigenvalue weighted by molar-refractivity contribution is 0.0587. The molecule has 0 fully saturated rings. The number of methoxy groups -OCH3 is 1. The summed E-state index contributed by atoms with van der Waals surface area (Å²) in [7, 11) is 1.33. The van der Waals surface area contributed by atoms with E-state index in [4.69, 9.17) is 18.9 Å². The quantitative estimate of drug-likeness (QED) is 0.583. The molecule has 2 heterocycles. The van der Waals surface area contributed by atoms with Gasteiger partial charge in [-0.1, -0.05) is 0 Å². The fraction of sp³-hybridized carbons (Fsp3) is 0.368. The lowest BCUT2D eigenvalue weighted by Gasteiger charge is -2.08. The summed E-state index contributed by atoms with van der Waals surface area (Å²) < 4.78 is 22.8. The van der Waals surface area contributed by atoms with E-state index in [9.17, 15) is 9.59 Å². The summed E-state index contributed by atoms with van der Waals surface area (Å²) in [6.07, 6.45) is 0. The Morgan fingerprint density at radius 1 is 1.19 bits per heavy atom. The molecule has 1 aliphatic heterocycles. The van der Waals surface area contributed by atoms with Gasteiger partial charge in [0.1, 0.15) is 11.4 Å². The number of carbonyl (C=O) groups is 2. The van der Waals surface area contributed by atoms with E-state index in [2.05, 4.69) is 0 Å². The fourth-order valence-corrected chi connectivity index (χ4v) is 3.25. The molecule has 7 nitrogen and oxygen atoms in total. The monoisotopic (exact) mass is 359 g/mol. The van der Waals surface area contributed by atoms with E-state index >= 15 is 0 Å². The van der Waals surface area contributed by atoms with E-state index in [1.54, 1.807) is 29.7 Å². The molecule has 138 valence electrons. The molecule has 2 aromatic rings. The highest BCUT2D eigenvalue weighted by molar-refractivity contribution is 6.03. The van der Waals surface area contributed by atoms with Crippen LogP contribution >= 0.6 is 0 Å². The highest BCUT2D eigenvalue weighted by Crippen LogP contribution is 2.35. The third-order valence-electron chi connectivity index (χ3n) is 4.45. The number of hydrogen-bond donors (Lipinski definition) is 0. The van der Waals surface area contributed by atoms with E-state index in [-0.39, 0.29) is 19.2 Å². The van der Waals surface area contributed by atoms with Crippen molar-refractivity contribution in [3.05, 3.63) is 40.7 Å². The molecular weight excluding hydrogens is 338 g/mol. The molecule has 1 aliphatic rings. The zero-order valence-electron chi connectivity index (χ0n) is 15.3. The molecule has 0 saturated heterocycles. The molecular formula is C19H21NO6. The van der Waals surface area contributed by atoms with Crippen LogP contribution in [0.1, 0.15) is 39.0 Å². The zero-order valence-corrected chi connectivity index (χ0v) is 15.3. The van der Waals surface area contributed by atoms with Crippen LogP contribution in [-0.2, 0) is 11.3 Å². The van der Waals surface area contributed by atoms with Crippen molar-refractivity contribution in [1.82, 2.24) is 4.57 Å². The van der Waals surface area contributed by atoms with E-state index in [1.807, 2.05) is 13.8 Å². The standard InChI is InChI=1S/C19H21NO6/c1-5-20-12(3)17(11(2)18(20)19(22)23-4)14(21)9-24-13-6-7-15-16(8-13)26-10-25-15/h6-8H,5,9-10H2,1-4H3. The minimum absolute atomic E-state index is 0.143. The van der Waals surface area contributed by atoms with Crippen LogP contribution in [0.2, 0.25) is 0 Å². The summed E-state index contributed by atoms with van der Waals surface area (Å²) in [6.45, 7) is 6.08. The van der Waals surface area contributed by atoms with Gasteiger partial charge in [0, 0.05) is 23.9 Å². The van der Waals surface area contributed by atoms with Crippen LogP contribution in [0.3, 0.4) is 0 Å². The molecule has 0 radical (unpaired) electrons. The largest absolute Gasteiger partial charge is 0.485 e. The SMILES string of the molecule is CCn1c(C)c(C(=O)COc2ccc3c(c2)OCO3)c(C)c1C(=O)OC. The number of hydrogen-bond acceptors (Lipinski definition) is 6. The number of rotatable bonds is 6. The molecule has 0 aliphatic carbocycles. The highest BCUT2D eigenvalue weighted by Gasteiger charge is 2.26. The van der Waals surface area contributed by atoms with Crippen molar-refractivity contribution in [3.8, 4) is 17.2 Å². The molecule has 0 unspecified atom stereocenters. The summed E-state index contributed by atoms with van der Waals surface area (Å²) in [6, 6.07) is 5.14. The van der Waals surface area contributed by atoms with Gasteiger partial charge in [-0.15, -0.1) is 0 Å². The fourth-order valence-electron chi connectivity index (χ4n) is 3.25. The molecule has 1 aromatic heterocycles. The second-order valence-electron chi connectivity index (χ2n) is 5.90. The predicted molar refractivity (Wildman–Crippen MR) is 93.3 cm³/mol. The van der Waals surface area contributed by atoms with Crippen molar-refractivity contribution >= 4 is 11.8 Å². The second kappa shape index (κ2) is 7.11. The van der Waals surface area contributed by atoms with Crippen LogP contribution in [0.4, 0.5) is 0 Å². The molecule has 0 amide bonds. The van der Waals surface area contributed by atoms with E-state index in [0.29, 0.717) is 40.6 Å².